The third-order valence-electron chi connectivity index (χ3n) is 6.81. The van der Waals surface area contributed by atoms with E-state index in [0.29, 0.717) is 6.42 Å². The number of aryl methyl sites for hydroxylation is 2. The Kier molecular flexibility index (Phi) is 5.03. The Hall–Kier alpha value is -2.72. The van der Waals surface area contributed by atoms with E-state index in [0.717, 1.165) is 68.4 Å². The number of aromatic nitrogens is 1. The van der Waals surface area contributed by atoms with Gasteiger partial charge in [-0.1, -0.05) is 24.3 Å². The molecule has 1 aromatic heterocycles. The van der Waals surface area contributed by atoms with Crippen LogP contribution in [0.5, 0.6) is 5.75 Å². The lowest BCUT2D eigenvalue weighted by Crippen LogP contribution is -2.49. The minimum absolute atomic E-state index is 0.0335. The zero-order valence-corrected chi connectivity index (χ0v) is 17.6. The van der Waals surface area contributed by atoms with Crippen molar-refractivity contribution >= 4 is 17.2 Å². The molecule has 154 valence electrons. The van der Waals surface area contributed by atoms with Gasteiger partial charge in [0.25, 0.3) is 0 Å². The van der Waals surface area contributed by atoms with Crippen molar-refractivity contribution in [2.75, 3.05) is 19.6 Å². The zero-order chi connectivity index (χ0) is 20.6. The van der Waals surface area contributed by atoms with Crippen LogP contribution in [-0.2, 0) is 11.2 Å². The monoisotopic (exact) mass is 400 g/mol. The molecule has 2 aliphatic heterocycles. The third-order valence-corrected chi connectivity index (χ3v) is 6.81. The van der Waals surface area contributed by atoms with Crippen molar-refractivity contribution < 1.29 is 9.53 Å². The van der Waals surface area contributed by atoms with Gasteiger partial charge in [-0.25, -0.2) is 0 Å². The highest BCUT2D eigenvalue weighted by Gasteiger charge is 2.39. The molecule has 4 heteroatoms. The minimum atomic E-state index is -0.0335. The van der Waals surface area contributed by atoms with E-state index in [9.17, 15) is 4.79 Å². The molecule has 0 N–H and O–H groups in total. The fourth-order valence-corrected chi connectivity index (χ4v) is 4.94. The number of hydrogen-bond acceptors (Lipinski definition) is 4. The highest BCUT2D eigenvalue weighted by atomic mass is 16.5. The number of nitrogens with zero attached hydrogens (tertiary/aromatic N) is 2. The zero-order valence-electron chi connectivity index (χ0n) is 17.6. The lowest BCUT2D eigenvalue weighted by atomic mass is 9.82. The van der Waals surface area contributed by atoms with Crippen molar-refractivity contribution in [3.05, 3.63) is 59.8 Å². The van der Waals surface area contributed by atoms with Crippen LogP contribution in [0.15, 0.2) is 48.7 Å². The Balaban J connectivity index is 1.35. The Morgan fingerprint density at radius 2 is 1.97 bits per heavy atom. The Morgan fingerprint density at radius 3 is 2.80 bits per heavy atom. The molecule has 0 bridgehead atoms. The number of ether oxygens (including phenoxy) is 1. The fourth-order valence-electron chi connectivity index (χ4n) is 4.94. The first-order valence-electron chi connectivity index (χ1n) is 11.0. The van der Waals surface area contributed by atoms with Gasteiger partial charge >= 0.3 is 0 Å². The van der Waals surface area contributed by atoms with Gasteiger partial charge in [0.2, 0.25) is 0 Å². The van der Waals surface area contributed by atoms with E-state index in [4.69, 9.17) is 9.72 Å². The first kappa shape index (κ1) is 19.3. The SMILES string of the molecule is Cc1cccc2cc(-c3ccc4c(c3)CCC3(CCN(CCC=O)CC3)O4)cnc12. The van der Waals surface area contributed by atoms with Crippen LogP contribution in [0.2, 0.25) is 0 Å². The van der Waals surface area contributed by atoms with Crippen LogP contribution < -0.4 is 4.74 Å². The highest BCUT2D eigenvalue weighted by molar-refractivity contribution is 5.86. The molecule has 2 aromatic carbocycles. The molecule has 1 saturated heterocycles. The Bertz CT molecular complexity index is 1080. The van der Waals surface area contributed by atoms with Crippen molar-refractivity contribution in [3.63, 3.8) is 0 Å². The van der Waals surface area contributed by atoms with Crippen molar-refractivity contribution in [2.45, 2.75) is 44.6 Å². The number of aldehydes is 1. The maximum atomic E-state index is 10.6. The van der Waals surface area contributed by atoms with Gasteiger partial charge in [-0.3, -0.25) is 4.98 Å². The average molecular weight is 401 g/mol. The molecular formula is C26H28N2O2. The summed E-state index contributed by atoms with van der Waals surface area (Å²) in [6.45, 7) is 5.01. The van der Waals surface area contributed by atoms with Gasteiger partial charge in [-0.15, -0.1) is 0 Å². The van der Waals surface area contributed by atoms with Gasteiger partial charge in [0.15, 0.2) is 0 Å². The number of carbonyl (C=O) groups is 1. The van der Waals surface area contributed by atoms with Crippen LogP contribution in [0, 0.1) is 6.92 Å². The van der Waals surface area contributed by atoms with E-state index in [2.05, 4.69) is 54.3 Å². The number of hydrogen-bond donors (Lipinski definition) is 0. The molecule has 0 saturated carbocycles. The Labute approximate surface area is 177 Å². The second-order valence-electron chi connectivity index (χ2n) is 8.78. The van der Waals surface area contributed by atoms with Crippen LogP contribution in [0.3, 0.4) is 0 Å². The maximum Gasteiger partial charge on any atom is 0.123 e. The summed E-state index contributed by atoms with van der Waals surface area (Å²) in [7, 11) is 0. The van der Waals surface area contributed by atoms with Gasteiger partial charge in [-0.05, 0) is 67.5 Å². The average Bonchev–Trinajstić information content (AvgIpc) is 2.78. The summed E-state index contributed by atoms with van der Waals surface area (Å²) in [5, 5.41) is 1.18. The molecule has 0 atom stereocenters. The molecule has 5 rings (SSSR count). The molecule has 30 heavy (non-hydrogen) atoms. The summed E-state index contributed by atoms with van der Waals surface area (Å²) in [4.78, 5) is 17.7. The lowest BCUT2D eigenvalue weighted by molar-refractivity contribution is -0.108. The van der Waals surface area contributed by atoms with Crippen LogP contribution in [0.25, 0.3) is 22.0 Å². The first-order chi connectivity index (χ1) is 14.7. The first-order valence-corrected chi connectivity index (χ1v) is 11.0. The smallest absolute Gasteiger partial charge is 0.123 e. The number of pyridine rings is 1. The van der Waals surface area contributed by atoms with E-state index in [1.54, 1.807) is 0 Å². The number of piperidine rings is 1. The summed E-state index contributed by atoms with van der Waals surface area (Å²) < 4.78 is 6.58. The number of para-hydroxylation sites is 1. The molecule has 4 nitrogen and oxygen atoms in total. The number of benzene rings is 2. The molecule has 0 amide bonds. The molecule has 3 heterocycles. The van der Waals surface area contributed by atoms with E-state index in [1.807, 2.05) is 6.20 Å². The van der Waals surface area contributed by atoms with Crippen molar-refractivity contribution in [3.8, 4) is 16.9 Å². The molecular weight excluding hydrogens is 372 g/mol. The third kappa shape index (κ3) is 3.61. The quantitative estimate of drug-likeness (QED) is 0.581. The summed E-state index contributed by atoms with van der Waals surface area (Å²) in [6.07, 6.45) is 7.83. The van der Waals surface area contributed by atoms with Gasteiger partial charge in [0.05, 0.1) is 5.52 Å². The second kappa shape index (κ2) is 7.84. The van der Waals surface area contributed by atoms with E-state index in [-0.39, 0.29) is 5.60 Å². The van der Waals surface area contributed by atoms with E-state index in [1.165, 1.54) is 22.1 Å². The molecule has 0 radical (unpaired) electrons. The number of carbonyl (C=O) groups excluding carboxylic acids is 1. The molecule has 1 fully saturated rings. The topological polar surface area (TPSA) is 42.4 Å². The standard InChI is InChI=1S/C26H28N2O2/c1-19-4-2-5-22-17-23(18-27-25(19)22)20-6-7-24-21(16-20)8-9-26(30-24)10-13-28(14-11-26)12-3-15-29/h2,4-7,15-18H,3,8-14H2,1H3. The molecule has 0 aliphatic carbocycles. The molecule has 1 spiro atoms. The van der Waals surface area contributed by atoms with Gasteiger partial charge in [-0.2, -0.15) is 0 Å². The van der Waals surface area contributed by atoms with Crippen molar-refractivity contribution in [1.82, 2.24) is 9.88 Å². The highest BCUT2D eigenvalue weighted by Crippen LogP contribution is 2.41. The summed E-state index contributed by atoms with van der Waals surface area (Å²) in [6, 6.07) is 15.1. The number of rotatable bonds is 4. The number of fused-ring (bicyclic) bond motifs is 2. The lowest BCUT2D eigenvalue weighted by Gasteiger charge is -2.44. The molecule has 0 unspecified atom stereocenters. The Morgan fingerprint density at radius 1 is 1.10 bits per heavy atom. The summed E-state index contributed by atoms with van der Waals surface area (Å²) in [5.74, 6) is 1.04. The molecule has 2 aliphatic rings. The number of likely N-dealkylation sites (tertiary alicyclic amines) is 1. The van der Waals surface area contributed by atoms with Crippen molar-refractivity contribution in [1.29, 1.82) is 0 Å². The van der Waals surface area contributed by atoms with Gasteiger partial charge in [0.1, 0.15) is 17.6 Å². The maximum absolute atomic E-state index is 10.6. The van der Waals surface area contributed by atoms with Crippen LogP contribution in [-0.4, -0.2) is 41.4 Å². The van der Waals surface area contributed by atoms with Crippen LogP contribution in [0.4, 0.5) is 0 Å². The second-order valence-corrected chi connectivity index (χ2v) is 8.78. The largest absolute Gasteiger partial charge is 0.487 e. The van der Waals surface area contributed by atoms with Crippen LogP contribution in [0.1, 0.15) is 36.8 Å². The minimum Gasteiger partial charge on any atom is -0.487 e. The van der Waals surface area contributed by atoms with E-state index >= 15 is 0 Å². The summed E-state index contributed by atoms with van der Waals surface area (Å²) in [5.41, 5.74) is 5.90. The van der Waals surface area contributed by atoms with Gasteiger partial charge < -0.3 is 14.4 Å². The molecule has 3 aromatic rings. The van der Waals surface area contributed by atoms with Crippen molar-refractivity contribution in [2.24, 2.45) is 0 Å². The fraction of sp³-hybridized carbons (Fsp3) is 0.385. The predicted octanol–water partition coefficient (Wildman–Crippen LogP) is 4.96. The van der Waals surface area contributed by atoms with Crippen LogP contribution >= 0.6 is 0 Å². The van der Waals surface area contributed by atoms with Gasteiger partial charge in [0, 0.05) is 43.2 Å². The summed E-state index contributed by atoms with van der Waals surface area (Å²) >= 11 is 0. The van der Waals surface area contributed by atoms with E-state index < -0.39 is 0 Å². The predicted molar refractivity (Wildman–Crippen MR) is 120 cm³/mol. The normalized spacial score (nSPS) is 18.2.